The van der Waals surface area contributed by atoms with Gasteiger partial charge in [-0.2, -0.15) is 0 Å². The van der Waals surface area contributed by atoms with Gasteiger partial charge in [-0.1, -0.05) is 6.07 Å². The molecular weight excluding hydrogens is 306 g/mol. The number of benzene rings is 2. The van der Waals surface area contributed by atoms with E-state index in [0.717, 1.165) is 11.3 Å². The highest BCUT2D eigenvalue weighted by Gasteiger charge is 2.11. The predicted molar refractivity (Wildman–Crippen MR) is 93.2 cm³/mol. The van der Waals surface area contributed by atoms with Crippen molar-refractivity contribution in [1.82, 2.24) is 4.90 Å². The standard InChI is InChI=1S/C19H23NO4/c1-20(12-14-5-10-18(23-3)19(11-14)24-4)13-17(21)15-6-8-16(22-2)9-7-15/h5-11H,12-13H2,1-4H3. The van der Waals surface area contributed by atoms with Crippen molar-refractivity contribution < 1.29 is 19.0 Å². The molecule has 0 amide bonds. The maximum absolute atomic E-state index is 12.3. The van der Waals surface area contributed by atoms with Crippen molar-refractivity contribution in [3.8, 4) is 17.2 Å². The van der Waals surface area contributed by atoms with Crippen molar-refractivity contribution in [3.05, 3.63) is 53.6 Å². The molecule has 0 aliphatic heterocycles. The average Bonchev–Trinajstić information content (AvgIpc) is 2.61. The second-order valence-corrected chi connectivity index (χ2v) is 5.51. The van der Waals surface area contributed by atoms with Gasteiger partial charge >= 0.3 is 0 Å². The van der Waals surface area contributed by atoms with Gasteiger partial charge in [0.2, 0.25) is 0 Å². The van der Waals surface area contributed by atoms with Gasteiger partial charge in [0.1, 0.15) is 5.75 Å². The van der Waals surface area contributed by atoms with Crippen molar-refractivity contribution in [2.45, 2.75) is 6.54 Å². The lowest BCUT2D eigenvalue weighted by Gasteiger charge is -2.17. The minimum Gasteiger partial charge on any atom is -0.497 e. The van der Waals surface area contributed by atoms with Gasteiger partial charge in [-0.3, -0.25) is 9.69 Å². The topological polar surface area (TPSA) is 48.0 Å². The summed E-state index contributed by atoms with van der Waals surface area (Å²) < 4.78 is 15.6. The van der Waals surface area contributed by atoms with E-state index in [1.54, 1.807) is 45.6 Å². The Kier molecular flexibility index (Phi) is 6.21. The number of hydrogen-bond donors (Lipinski definition) is 0. The Bertz CT molecular complexity index is 682. The van der Waals surface area contributed by atoms with Crippen LogP contribution in [0.1, 0.15) is 15.9 Å². The summed E-state index contributed by atoms with van der Waals surface area (Å²) >= 11 is 0. The number of methoxy groups -OCH3 is 3. The quantitative estimate of drug-likeness (QED) is 0.697. The van der Waals surface area contributed by atoms with E-state index in [0.29, 0.717) is 30.2 Å². The number of nitrogens with zero attached hydrogens (tertiary/aromatic N) is 1. The summed E-state index contributed by atoms with van der Waals surface area (Å²) in [6.07, 6.45) is 0. The van der Waals surface area contributed by atoms with Crippen molar-refractivity contribution >= 4 is 5.78 Å². The first-order valence-corrected chi connectivity index (χ1v) is 7.64. The van der Waals surface area contributed by atoms with Crippen molar-refractivity contribution in [1.29, 1.82) is 0 Å². The van der Waals surface area contributed by atoms with Gasteiger partial charge in [-0.05, 0) is 49.0 Å². The van der Waals surface area contributed by atoms with Gasteiger partial charge in [-0.15, -0.1) is 0 Å². The number of likely N-dealkylation sites (N-methyl/N-ethyl adjacent to an activating group) is 1. The number of hydrogen-bond acceptors (Lipinski definition) is 5. The lowest BCUT2D eigenvalue weighted by atomic mass is 10.1. The van der Waals surface area contributed by atoms with Crippen LogP contribution in [0, 0.1) is 0 Å². The SMILES string of the molecule is COc1ccc(C(=O)CN(C)Cc2ccc(OC)c(OC)c2)cc1. The predicted octanol–water partition coefficient (Wildman–Crippen LogP) is 3.03. The molecule has 2 aromatic rings. The van der Waals surface area contributed by atoms with Crippen LogP contribution in [-0.4, -0.2) is 45.6 Å². The summed E-state index contributed by atoms with van der Waals surface area (Å²) in [5.41, 5.74) is 1.73. The molecule has 0 N–H and O–H groups in total. The Hall–Kier alpha value is -2.53. The summed E-state index contributed by atoms with van der Waals surface area (Å²) in [7, 11) is 6.74. The average molecular weight is 329 g/mol. The van der Waals surface area contributed by atoms with Crippen molar-refractivity contribution in [3.63, 3.8) is 0 Å². The molecule has 5 nitrogen and oxygen atoms in total. The van der Waals surface area contributed by atoms with Gasteiger partial charge in [0.05, 0.1) is 27.9 Å². The van der Waals surface area contributed by atoms with Crippen LogP contribution in [0.15, 0.2) is 42.5 Å². The van der Waals surface area contributed by atoms with E-state index >= 15 is 0 Å². The molecule has 0 unspecified atom stereocenters. The lowest BCUT2D eigenvalue weighted by molar-refractivity contribution is 0.0943. The molecule has 0 heterocycles. The maximum Gasteiger partial charge on any atom is 0.176 e. The molecule has 0 fully saturated rings. The van der Waals surface area contributed by atoms with Crippen LogP contribution in [0.5, 0.6) is 17.2 Å². The molecule has 0 saturated heterocycles. The van der Waals surface area contributed by atoms with Crippen LogP contribution < -0.4 is 14.2 Å². The Balaban J connectivity index is 1.99. The second kappa shape index (κ2) is 8.36. The molecule has 0 spiro atoms. The lowest BCUT2D eigenvalue weighted by Crippen LogP contribution is -2.25. The monoisotopic (exact) mass is 329 g/mol. The normalized spacial score (nSPS) is 10.5. The van der Waals surface area contributed by atoms with Crippen LogP contribution >= 0.6 is 0 Å². The van der Waals surface area contributed by atoms with Gasteiger partial charge < -0.3 is 14.2 Å². The molecule has 5 heteroatoms. The Morgan fingerprint density at radius 2 is 1.58 bits per heavy atom. The van der Waals surface area contributed by atoms with Crippen molar-refractivity contribution in [2.75, 3.05) is 34.9 Å². The minimum absolute atomic E-state index is 0.0700. The molecule has 0 saturated carbocycles. The fourth-order valence-electron chi connectivity index (χ4n) is 2.46. The third kappa shape index (κ3) is 4.49. The molecule has 0 aromatic heterocycles. The Labute approximate surface area is 142 Å². The van der Waals surface area contributed by atoms with Gasteiger partial charge in [0.15, 0.2) is 17.3 Å². The van der Waals surface area contributed by atoms with E-state index in [9.17, 15) is 4.79 Å². The summed E-state index contributed by atoms with van der Waals surface area (Å²) in [5, 5.41) is 0. The first kappa shape index (κ1) is 17.8. The van der Waals surface area contributed by atoms with E-state index in [1.807, 2.05) is 30.1 Å². The highest BCUT2D eigenvalue weighted by Crippen LogP contribution is 2.27. The Morgan fingerprint density at radius 3 is 2.17 bits per heavy atom. The van der Waals surface area contributed by atoms with Crippen LogP contribution in [0.2, 0.25) is 0 Å². The zero-order chi connectivity index (χ0) is 17.5. The second-order valence-electron chi connectivity index (χ2n) is 5.51. The summed E-state index contributed by atoms with van der Waals surface area (Å²) in [4.78, 5) is 14.3. The van der Waals surface area contributed by atoms with Crippen LogP contribution in [-0.2, 0) is 6.54 Å². The van der Waals surface area contributed by atoms with Gasteiger partial charge in [-0.25, -0.2) is 0 Å². The summed E-state index contributed by atoms with van der Waals surface area (Å²) in [6, 6.07) is 12.9. The van der Waals surface area contributed by atoms with Crippen molar-refractivity contribution in [2.24, 2.45) is 0 Å². The molecular formula is C19H23NO4. The molecule has 0 bridgehead atoms. The van der Waals surface area contributed by atoms with Crippen LogP contribution in [0.4, 0.5) is 0 Å². The van der Waals surface area contributed by atoms with Crippen LogP contribution in [0.3, 0.4) is 0 Å². The first-order chi connectivity index (χ1) is 11.6. The Morgan fingerprint density at radius 1 is 0.917 bits per heavy atom. The molecule has 0 radical (unpaired) electrons. The van der Waals surface area contributed by atoms with Crippen LogP contribution in [0.25, 0.3) is 0 Å². The maximum atomic E-state index is 12.3. The molecule has 128 valence electrons. The third-order valence-electron chi connectivity index (χ3n) is 3.73. The van der Waals surface area contributed by atoms with Gasteiger partial charge in [0.25, 0.3) is 0 Å². The number of Topliss-reactive ketones (excluding diaryl/α,β-unsaturated/α-hetero) is 1. The molecule has 24 heavy (non-hydrogen) atoms. The highest BCUT2D eigenvalue weighted by molar-refractivity contribution is 5.97. The molecule has 2 rings (SSSR count). The van der Waals surface area contributed by atoms with E-state index in [2.05, 4.69) is 0 Å². The largest absolute Gasteiger partial charge is 0.497 e. The van der Waals surface area contributed by atoms with E-state index in [4.69, 9.17) is 14.2 Å². The number of ketones is 1. The number of ether oxygens (including phenoxy) is 3. The molecule has 2 aromatic carbocycles. The first-order valence-electron chi connectivity index (χ1n) is 7.64. The molecule has 0 atom stereocenters. The summed E-state index contributed by atoms with van der Waals surface area (Å²) in [6.45, 7) is 0.975. The fourth-order valence-corrected chi connectivity index (χ4v) is 2.46. The number of carbonyl (C=O) groups is 1. The zero-order valence-electron chi connectivity index (χ0n) is 14.5. The fraction of sp³-hybridized carbons (Fsp3) is 0.316. The van der Waals surface area contributed by atoms with E-state index in [1.165, 1.54) is 0 Å². The van der Waals surface area contributed by atoms with Gasteiger partial charge in [0, 0.05) is 12.1 Å². The highest BCUT2D eigenvalue weighted by atomic mass is 16.5. The third-order valence-corrected chi connectivity index (χ3v) is 3.73. The van der Waals surface area contributed by atoms with E-state index < -0.39 is 0 Å². The molecule has 0 aliphatic rings. The molecule has 0 aliphatic carbocycles. The van der Waals surface area contributed by atoms with E-state index in [-0.39, 0.29) is 5.78 Å². The number of rotatable bonds is 8. The smallest absolute Gasteiger partial charge is 0.176 e. The number of carbonyl (C=O) groups excluding carboxylic acids is 1. The zero-order valence-corrected chi connectivity index (χ0v) is 14.5. The summed E-state index contributed by atoms with van der Waals surface area (Å²) in [5.74, 6) is 2.19. The minimum atomic E-state index is 0.0700.